The summed E-state index contributed by atoms with van der Waals surface area (Å²) in [6, 6.07) is 13.4. The molecular weight excluding hydrogens is 280 g/mol. The highest BCUT2D eigenvalue weighted by Crippen LogP contribution is 2.27. The smallest absolute Gasteiger partial charge is 0.0858 e. The van der Waals surface area contributed by atoms with Gasteiger partial charge in [-0.25, -0.2) is 0 Å². The molecule has 2 heteroatoms. The maximum absolute atomic E-state index is 4.77. The van der Waals surface area contributed by atoms with Gasteiger partial charge in [0.1, 0.15) is 5.52 Å². The zero-order valence-electron chi connectivity index (χ0n) is 14.9. The highest BCUT2D eigenvalue weighted by molar-refractivity contribution is 5.82. The molecule has 118 valence electrons. The Morgan fingerprint density at radius 1 is 0.957 bits per heavy atom. The normalized spacial score (nSPS) is 11.4. The number of rotatable bonds is 2. The molecule has 0 atom stereocenters. The Hall–Kier alpha value is -2.22. The highest BCUT2D eigenvalue weighted by atomic mass is 15.2. The van der Waals surface area contributed by atoms with Gasteiger partial charge in [0.25, 0.3) is 0 Å². The van der Waals surface area contributed by atoms with E-state index < -0.39 is 0 Å². The molecule has 0 saturated heterocycles. The molecule has 1 aromatic heterocycles. The lowest BCUT2D eigenvalue weighted by Gasteiger charge is -2.10. The number of aryl methyl sites for hydroxylation is 3. The molecule has 0 aliphatic heterocycles. The van der Waals surface area contributed by atoms with E-state index in [-0.39, 0.29) is 0 Å². The molecule has 3 rings (SSSR count). The first-order valence-corrected chi connectivity index (χ1v) is 8.26. The fraction of sp³-hybridized carbons (Fsp3) is 0.333. The molecule has 0 aliphatic carbocycles. The van der Waals surface area contributed by atoms with Crippen LogP contribution in [-0.4, -0.2) is 5.10 Å². The first-order chi connectivity index (χ1) is 10.9. The van der Waals surface area contributed by atoms with Crippen LogP contribution >= 0.6 is 0 Å². The first kappa shape index (κ1) is 15.7. The summed E-state index contributed by atoms with van der Waals surface area (Å²) >= 11 is 0. The van der Waals surface area contributed by atoms with E-state index in [1.54, 1.807) is 0 Å². The zero-order chi connectivity index (χ0) is 16.7. The van der Waals surface area contributed by atoms with Crippen molar-refractivity contribution in [2.75, 3.05) is 0 Å². The average molecular weight is 305 g/mol. The van der Waals surface area contributed by atoms with Crippen molar-refractivity contribution in [3.63, 3.8) is 0 Å². The van der Waals surface area contributed by atoms with Gasteiger partial charge < -0.3 is 0 Å². The van der Waals surface area contributed by atoms with E-state index in [0.29, 0.717) is 5.92 Å². The minimum absolute atomic E-state index is 0.528. The van der Waals surface area contributed by atoms with Crippen molar-refractivity contribution in [3.05, 3.63) is 58.7 Å². The molecule has 0 spiro atoms. The third-order valence-corrected chi connectivity index (χ3v) is 4.70. The fourth-order valence-electron chi connectivity index (χ4n) is 3.15. The van der Waals surface area contributed by atoms with Crippen LogP contribution in [0.3, 0.4) is 0 Å². The number of hydrogen-bond donors (Lipinski definition) is 0. The molecule has 0 bridgehead atoms. The van der Waals surface area contributed by atoms with Gasteiger partial charge in [0, 0.05) is 16.6 Å². The van der Waals surface area contributed by atoms with Gasteiger partial charge in [-0.1, -0.05) is 36.2 Å². The van der Waals surface area contributed by atoms with Gasteiger partial charge in [-0.05, 0) is 61.6 Å². The van der Waals surface area contributed by atoms with Crippen molar-refractivity contribution in [2.45, 2.75) is 40.5 Å². The second kappa shape index (κ2) is 5.77. The van der Waals surface area contributed by atoms with Crippen LogP contribution in [0.15, 0.2) is 36.4 Å². The number of aromatic nitrogens is 2. The average Bonchev–Trinajstić information content (AvgIpc) is 2.49. The summed E-state index contributed by atoms with van der Waals surface area (Å²) in [7, 11) is 2.03. The van der Waals surface area contributed by atoms with Crippen molar-refractivity contribution in [2.24, 2.45) is 7.05 Å². The van der Waals surface area contributed by atoms with Crippen LogP contribution in [0.2, 0.25) is 0 Å². The van der Waals surface area contributed by atoms with Gasteiger partial charge in [-0.2, -0.15) is 0 Å². The maximum atomic E-state index is 4.77. The van der Waals surface area contributed by atoms with Crippen molar-refractivity contribution in [1.29, 1.82) is 0 Å². The molecule has 0 fully saturated rings. The second-order valence-electron chi connectivity index (χ2n) is 6.88. The molecule has 0 aliphatic rings. The lowest BCUT2D eigenvalue weighted by atomic mass is 9.96. The molecule has 0 saturated carbocycles. The van der Waals surface area contributed by atoms with Gasteiger partial charge in [0.15, 0.2) is 7.05 Å². The third kappa shape index (κ3) is 2.86. The highest BCUT2D eigenvalue weighted by Gasteiger charge is 2.17. The Morgan fingerprint density at radius 2 is 1.70 bits per heavy atom. The van der Waals surface area contributed by atoms with Crippen LogP contribution < -0.4 is 4.68 Å². The van der Waals surface area contributed by atoms with E-state index in [1.165, 1.54) is 38.9 Å². The topological polar surface area (TPSA) is 16.8 Å². The molecule has 0 radical (unpaired) electrons. The SMILES string of the molecule is Cc1cc(C)c(C)c(-c2cc3cc(C(C)C)ccc3n[n+]2C)c1. The van der Waals surface area contributed by atoms with Gasteiger partial charge in [0.2, 0.25) is 5.69 Å². The molecule has 0 amide bonds. The molecule has 23 heavy (non-hydrogen) atoms. The minimum Gasteiger partial charge on any atom is -0.0858 e. The van der Waals surface area contributed by atoms with Gasteiger partial charge in [0.05, 0.1) is 5.56 Å². The van der Waals surface area contributed by atoms with E-state index in [4.69, 9.17) is 5.10 Å². The van der Waals surface area contributed by atoms with Crippen molar-refractivity contribution in [1.82, 2.24) is 5.10 Å². The number of benzene rings is 2. The van der Waals surface area contributed by atoms with Gasteiger partial charge in [-0.3, -0.25) is 0 Å². The lowest BCUT2D eigenvalue weighted by molar-refractivity contribution is -0.718. The van der Waals surface area contributed by atoms with Crippen LogP contribution in [0.1, 0.15) is 42.0 Å². The minimum atomic E-state index is 0.528. The van der Waals surface area contributed by atoms with E-state index >= 15 is 0 Å². The summed E-state index contributed by atoms with van der Waals surface area (Å²) < 4.78 is 2.00. The number of nitrogens with zero attached hydrogens (tertiary/aromatic N) is 2. The van der Waals surface area contributed by atoms with Crippen LogP contribution in [0, 0.1) is 20.8 Å². The number of hydrogen-bond acceptors (Lipinski definition) is 1. The molecule has 2 aromatic carbocycles. The van der Waals surface area contributed by atoms with Crippen molar-refractivity contribution in [3.8, 4) is 11.3 Å². The summed E-state index contributed by atoms with van der Waals surface area (Å²) in [4.78, 5) is 0. The molecular formula is C21H25N2+. The summed E-state index contributed by atoms with van der Waals surface area (Å²) in [6.45, 7) is 11.0. The van der Waals surface area contributed by atoms with E-state index in [0.717, 1.165) is 5.52 Å². The Bertz CT molecular complexity index is 892. The van der Waals surface area contributed by atoms with Crippen LogP contribution in [-0.2, 0) is 7.05 Å². The second-order valence-corrected chi connectivity index (χ2v) is 6.88. The maximum Gasteiger partial charge on any atom is 0.239 e. The summed E-state index contributed by atoms with van der Waals surface area (Å²) in [5.74, 6) is 0.528. The Kier molecular flexibility index (Phi) is 3.93. The largest absolute Gasteiger partial charge is 0.239 e. The van der Waals surface area contributed by atoms with Crippen molar-refractivity contribution < 1.29 is 4.68 Å². The van der Waals surface area contributed by atoms with E-state index in [9.17, 15) is 0 Å². The zero-order valence-corrected chi connectivity index (χ0v) is 14.9. The molecule has 0 unspecified atom stereocenters. The summed E-state index contributed by atoms with van der Waals surface area (Å²) in [5, 5.41) is 5.98. The summed E-state index contributed by atoms with van der Waals surface area (Å²) in [6.07, 6.45) is 0. The third-order valence-electron chi connectivity index (χ3n) is 4.70. The van der Waals surface area contributed by atoms with Gasteiger partial charge in [-0.15, -0.1) is 0 Å². The molecule has 1 heterocycles. The monoisotopic (exact) mass is 305 g/mol. The predicted molar refractivity (Wildman–Crippen MR) is 96.7 cm³/mol. The van der Waals surface area contributed by atoms with Crippen LogP contribution in [0.4, 0.5) is 0 Å². The standard InChI is InChI=1S/C21H25N2/c1-13(2)17-7-8-20-18(11-17)12-21(23(6)22-20)19-10-14(3)9-15(4)16(19)5/h7-13H,1-6H3/q+1. The lowest BCUT2D eigenvalue weighted by Crippen LogP contribution is -2.35. The fourth-order valence-corrected chi connectivity index (χ4v) is 3.15. The Balaban J connectivity index is 2.27. The molecule has 0 N–H and O–H groups in total. The molecule has 3 aromatic rings. The van der Waals surface area contributed by atoms with Crippen molar-refractivity contribution >= 4 is 10.9 Å². The van der Waals surface area contributed by atoms with Crippen LogP contribution in [0.25, 0.3) is 22.2 Å². The first-order valence-electron chi connectivity index (χ1n) is 8.26. The summed E-state index contributed by atoms with van der Waals surface area (Å²) in [5.41, 5.74) is 8.79. The molecule has 2 nitrogen and oxygen atoms in total. The van der Waals surface area contributed by atoms with E-state index in [1.807, 2.05) is 11.7 Å². The number of fused-ring (bicyclic) bond motifs is 1. The Morgan fingerprint density at radius 3 is 2.39 bits per heavy atom. The Labute approximate surface area is 138 Å². The quantitative estimate of drug-likeness (QED) is 0.623. The van der Waals surface area contributed by atoms with E-state index in [2.05, 4.69) is 71.0 Å². The van der Waals surface area contributed by atoms with Gasteiger partial charge >= 0.3 is 0 Å². The van der Waals surface area contributed by atoms with Crippen LogP contribution in [0.5, 0.6) is 0 Å². The predicted octanol–water partition coefficient (Wildman–Crippen LogP) is 4.77.